The number of ether oxygens (including phenoxy) is 1. The lowest BCUT2D eigenvalue weighted by molar-refractivity contribution is -0.0584. The molecule has 0 fully saturated rings. The molecule has 2 amide bonds. The number of hydrogen-bond acceptors (Lipinski definition) is 5. The van der Waals surface area contributed by atoms with Crippen molar-refractivity contribution in [3.05, 3.63) is 93.5 Å². The molecule has 144 valence electrons. The topological polar surface area (TPSA) is 72.9 Å². The predicted octanol–water partition coefficient (Wildman–Crippen LogP) is 5.15. The minimum atomic E-state index is -0.855. The summed E-state index contributed by atoms with van der Waals surface area (Å²) in [6.07, 6.45) is 0. The van der Waals surface area contributed by atoms with Crippen LogP contribution in [0, 0.1) is 0 Å². The molecule has 3 aromatic rings. The molecule has 0 radical (unpaired) electrons. The second-order valence-electron chi connectivity index (χ2n) is 6.03. The summed E-state index contributed by atoms with van der Waals surface area (Å²) in [5.74, 6) is -1.46. The fourth-order valence-electron chi connectivity index (χ4n) is 2.73. The lowest BCUT2D eigenvalue weighted by atomic mass is 10.1. The highest BCUT2D eigenvalue weighted by atomic mass is 35.5. The number of imide groups is 1. The molecule has 29 heavy (non-hydrogen) atoms. The van der Waals surface area contributed by atoms with E-state index in [4.69, 9.17) is 32.8 Å². The summed E-state index contributed by atoms with van der Waals surface area (Å²) < 4.78 is 5.65. The van der Waals surface area contributed by atoms with Gasteiger partial charge in [-0.15, -0.1) is 0 Å². The maximum atomic E-state index is 12.4. The van der Waals surface area contributed by atoms with Crippen LogP contribution in [0.3, 0.4) is 0 Å². The number of benzene rings is 3. The average Bonchev–Trinajstić information content (AvgIpc) is 2.96. The highest BCUT2D eigenvalue weighted by molar-refractivity contribution is 6.34. The quantitative estimate of drug-likeness (QED) is 0.538. The van der Waals surface area contributed by atoms with Gasteiger partial charge in [-0.25, -0.2) is 4.79 Å². The first-order valence-electron chi connectivity index (χ1n) is 8.37. The number of hydrogen-bond donors (Lipinski definition) is 0. The SMILES string of the molecule is O=C(ON1C(=O)c2ccccc2C1=O)c1ccc(Oc2cc(Cl)ccc2Cl)cc1. The number of carbonyl (C=O) groups is 3. The first-order valence-corrected chi connectivity index (χ1v) is 9.13. The first kappa shape index (κ1) is 19.0. The molecule has 0 bridgehead atoms. The van der Waals surface area contributed by atoms with Gasteiger partial charge in [0, 0.05) is 11.1 Å². The van der Waals surface area contributed by atoms with E-state index in [0.717, 1.165) is 0 Å². The number of amides is 2. The van der Waals surface area contributed by atoms with Gasteiger partial charge in [0.2, 0.25) is 0 Å². The zero-order chi connectivity index (χ0) is 20.5. The maximum absolute atomic E-state index is 12.4. The van der Waals surface area contributed by atoms with Crippen LogP contribution >= 0.6 is 23.2 Å². The smallest absolute Gasteiger partial charge is 0.363 e. The van der Waals surface area contributed by atoms with Crippen LogP contribution in [0.2, 0.25) is 10.0 Å². The Morgan fingerprint density at radius 3 is 2.07 bits per heavy atom. The number of halogens is 2. The highest BCUT2D eigenvalue weighted by Gasteiger charge is 2.38. The van der Waals surface area contributed by atoms with E-state index in [0.29, 0.717) is 26.6 Å². The van der Waals surface area contributed by atoms with Gasteiger partial charge in [0.15, 0.2) is 0 Å². The van der Waals surface area contributed by atoms with Gasteiger partial charge in [0.25, 0.3) is 11.8 Å². The lowest BCUT2D eigenvalue weighted by Gasteiger charge is -2.13. The molecule has 6 nitrogen and oxygen atoms in total. The molecular weight excluding hydrogens is 417 g/mol. The van der Waals surface area contributed by atoms with Gasteiger partial charge >= 0.3 is 5.97 Å². The molecule has 0 aromatic heterocycles. The van der Waals surface area contributed by atoms with Crippen molar-refractivity contribution in [1.29, 1.82) is 0 Å². The third kappa shape index (κ3) is 3.68. The van der Waals surface area contributed by atoms with E-state index in [9.17, 15) is 14.4 Å². The summed E-state index contributed by atoms with van der Waals surface area (Å²) in [6, 6.07) is 17.0. The molecule has 1 aliphatic rings. The van der Waals surface area contributed by atoms with Crippen molar-refractivity contribution < 1.29 is 24.0 Å². The van der Waals surface area contributed by atoms with Crippen LogP contribution in [0.5, 0.6) is 11.5 Å². The standard InChI is InChI=1S/C21H11Cl2NO5/c22-13-7-10-17(23)18(11-13)28-14-8-5-12(6-9-14)21(27)29-24-19(25)15-3-1-2-4-16(15)20(24)26/h1-11H. The van der Waals surface area contributed by atoms with E-state index in [-0.39, 0.29) is 16.7 Å². The second kappa shape index (κ2) is 7.58. The zero-order valence-corrected chi connectivity index (χ0v) is 16.1. The van der Waals surface area contributed by atoms with Crippen LogP contribution in [0.25, 0.3) is 0 Å². The molecule has 8 heteroatoms. The van der Waals surface area contributed by atoms with Gasteiger partial charge in [-0.3, -0.25) is 9.59 Å². The van der Waals surface area contributed by atoms with Gasteiger partial charge in [-0.1, -0.05) is 40.4 Å². The Hall–Kier alpha value is -3.35. The van der Waals surface area contributed by atoms with Crippen LogP contribution in [0.15, 0.2) is 66.7 Å². The monoisotopic (exact) mass is 427 g/mol. The van der Waals surface area contributed by atoms with Crippen molar-refractivity contribution in [2.24, 2.45) is 0 Å². The summed E-state index contributed by atoms with van der Waals surface area (Å²) in [6.45, 7) is 0. The van der Waals surface area contributed by atoms with Gasteiger partial charge < -0.3 is 9.57 Å². The Morgan fingerprint density at radius 1 is 0.828 bits per heavy atom. The first-order chi connectivity index (χ1) is 13.9. The summed E-state index contributed by atoms with van der Waals surface area (Å²) in [7, 11) is 0. The summed E-state index contributed by atoms with van der Waals surface area (Å²) in [5, 5.41) is 1.30. The van der Waals surface area contributed by atoms with E-state index in [1.54, 1.807) is 30.3 Å². The molecule has 0 atom stereocenters. The van der Waals surface area contributed by atoms with E-state index < -0.39 is 17.8 Å². The highest BCUT2D eigenvalue weighted by Crippen LogP contribution is 2.32. The van der Waals surface area contributed by atoms with Crippen LogP contribution in [-0.2, 0) is 4.84 Å². The summed E-state index contributed by atoms with van der Waals surface area (Å²) in [4.78, 5) is 41.9. The normalized spacial score (nSPS) is 12.7. The van der Waals surface area contributed by atoms with Gasteiger partial charge in [-0.2, -0.15) is 0 Å². The lowest BCUT2D eigenvalue weighted by Crippen LogP contribution is -2.32. The van der Waals surface area contributed by atoms with Crippen molar-refractivity contribution in [3.8, 4) is 11.5 Å². The molecule has 1 aliphatic heterocycles. The van der Waals surface area contributed by atoms with Gasteiger partial charge in [0.1, 0.15) is 11.5 Å². The van der Waals surface area contributed by atoms with Crippen molar-refractivity contribution in [2.45, 2.75) is 0 Å². The van der Waals surface area contributed by atoms with E-state index >= 15 is 0 Å². The van der Waals surface area contributed by atoms with E-state index in [1.807, 2.05) is 0 Å². The van der Waals surface area contributed by atoms with E-state index in [1.165, 1.54) is 36.4 Å². The minimum Gasteiger partial charge on any atom is -0.456 e. The van der Waals surface area contributed by atoms with Crippen molar-refractivity contribution in [3.63, 3.8) is 0 Å². The van der Waals surface area contributed by atoms with Gasteiger partial charge in [0.05, 0.1) is 21.7 Å². The maximum Gasteiger partial charge on any atom is 0.363 e. The molecule has 0 spiro atoms. The van der Waals surface area contributed by atoms with Crippen molar-refractivity contribution >= 4 is 41.0 Å². The van der Waals surface area contributed by atoms with Crippen molar-refractivity contribution in [1.82, 2.24) is 5.06 Å². The number of carbonyl (C=O) groups excluding carboxylic acids is 3. The molecule has 0 N–H and O–H groups in total. The third-order valence-electron chi connectivity index (χ3n) is 4.14. The number of fused-ring (bicyclic) bond motifs is 1. The molecule has 3 aromatic carbocycles. The average molecular weight is 428 g/mol. The summed E-state index contributed by atoms with van der Waals surface area (Å²) in [5.41, 5.74) is 0.506. The van der Waals surface area contributed by atoms with E-state index in [2.05, 4.69) is 0 Å². The Labute approximate surface area is 175 Å². The zero-order valence-electron chi connectivity index (χ0n) is 14.6. The molecule has 4 rings (SSSR count). The third-order valence-corrected chi connectivity index (χ3v) is 4.69. The Morgan fingerprint density at radius 2 is 1.45 bits per heavy atom. The van der Waals surface area contributed by atoms with Gasteiger partial charge in [-0.05, 0) is 48.5 Å². The molecule has 0 saturated heterocycles. The predicted molar refractivity (Wildman–Crippen MR) is 105 cm³/mol. The Bertz CT molecular complexity index is 1110. The number of rotatable bonds is 4. The largest absolute Gasteiger partial charge is 0.456 e. The minimum absolute atomic E-state index is 0.131. The number of hydroxylamine groups is 2. The van der Waals surface area contributed by atoms with Crippen LogP contribution in [0.1, 0.15) is 31.1 Å². The second-order valence-corrected chi connectivity index (χ2v) is 6.87. The molecule has 1 heterocycles. The molecule has 0 saturated carbocycles. The Kier molecular flexibility index (Phi) is 4.96. The van der Waals surface area contributed by atoms with Crippen LogP contribution in [0.4, 0.5) is 0 Å². The molecular formula is C21H11Cl2NO5. The fraction of sp³-hybridized carbons (Fsp3) is 0. The Balaban J connectivity index is 1.47. The van der Waals surface area contributed by atoms with Crippen molar-refractivity contribution in [2.75, 3.05) is 0 Å². The number of nitrogens with zero attached hydrogens (tertiary/aromatic N) is 1. The van der Waals surface area contributed by atoms with Crippen LogP contribution < -0.4 is 4.74 Å². The fourth-order valence-corrected chi connectivity index (χ4v) is 3.05. The van der Waals surface area contributed by atoms with Crippen LogP contribution in [-0.4, -0.2) is 22.8 Å². The molecule has 0 unspecified atom stereocenters. The summed E-state index contributed by atoms with van der Waals surface area (Å²) >= 11 is 12.0. The molecule has 0 aliphatic carbocycles.